The van der Waals surface area contributed by atoms with E-state index in [2.05, 4.69) is 15.6 Å². The number of aliphatic hydroxyl groups excluding tert-OH is 1. The number of ether oxygens (including phenoxy) is 4. The summed E-state index contributed by atoms with van der Waals surface area (Å²) in [6.07, 6.45) is 0.427. The average Bonchev–Trinajstić information content (AvgIpc) is 3.72. The number of carbonyl (C=O) groups excluding carboxylic acids is 4. The van der Waals surface area contributed by atoms with Crippen LogP contribution in [0.2, 0.25) is 0 Å². The second-order valence-corrected chi connectivity index (χ2v) is 16.9. The van der Waals surface area contributed by atoms with Crippen LogP contribution in [-0.4, -0.2) is 126 Å². The van der Waals surface area contributed by atoms with Crippen LogP contribution in [0, 0.1) is 12.3 Å². The molecular weight excluding hydrogens is 715 g/mol. The van der Waals surface area contributed by atoms with E-state index in [1.165, 1.54) is 4.90 Å². The van der Waals surface area contributed by atoms with Gasteiger partial charge in [0.25, 0.3) is 0 Å². The van der Waals surface area contributed by atoms with Gasteiger partial charge in [0.15, 0.2) is 0 Å². The first-order valence-electron chi connectivity index (χ1n) is 18.8. The molecule has 3 N–H and O–H groups in total. The maximum absolute atomic E-state index is 13.9. The van der Waals surface area contributed by atoms with E-state index in [4.69, 9.17) is 18.9 Å². The van der Waals surface area contributed by atoms with Gasteiger partial charge in [-0.1, -0.05) is 45.0 Å². The summed E-state index contributed by atoms with van der Waals surface area (Å²) in [7, 11) is 0. The van der Waals surface area contributed by atoms with E-state index in [1.54, 1.807) is 16.2 Å². The molecule has 3 heterocycles. The lowest BCUT2D eigenvalue weighted by atomic mass is 9.85. The molecule has 1 aromatic heterocycles. The lowest BCUT2D eigenvalue weighted by molar-refractivity contribution is -0.144. The summed E-state index contributed by atoms with van der Waals surface area (Å²) in [4.78, 5) is 61.1. The number of aryl methyl sites for hydroxylation is 1. The quantitative estimate of drug-likeness (QED) is 0.223. The molecule has 300 valence electrons. The van der Waals surface area contributed by atoms with Gasteiger partial charge in [0, 0.05) is 26.1 Å². The van der Waals surface area contributed by atoms with Gasteiger partial charge in [0.2, 0.25) is 17.7 Å². The zero-order valence-electron chi connectivity index (χ0n) is 33.0. The minimum Gasteiger partial charge on any atom is -0.444 e. The van der Waals surface area contributed by atoms with Crippen LogP contribution >= 0.6 is 11.3 Å². The number of nitrogens with zero attached hydrogens (tertiary/aromatic N) is 3. The fraction of sp³-hybridized carbons (Fsp3) is 0.667. The Hall–Kier alpha value is -3.63. The molecule has 0 saturated carbocycles. The fourth-order valence-corrected chi connectivity index (χ4v) is 7.22. The smallest absolute Gasteiger partial charge is 0.410 e. The zero-order valence-corrected chi connectivity index (χ0v) is 33.8. The van der Waals surface area contributed by atoms with Crippen LogP contribution < -0.4 is 10.6 Å². The van der Waals surface area contributed by atoms with Crippen LogP contribution in [0.1, 0.15) is 85.0 Å². The van der Waals surface area contributed by atoms with Gasteiger partial charge in [-0.3, -0.25) is 14.4 Å². The van der Waals surface area contributed by atoms with E-state index in [9.17, 15) is 24.3 Å². The summed E-state index contributed by atoms with van der Waals surface area (Å²) in [5.41, 5.74) is 3.51. The molecule has 4 atom stereocenters. The monoisotopic (exact) mass is 773 g/mol. The first-order chi connectivity index (χ1) is 25.4. The van der Waals surface area contributed by atoms with Gasteiger partial charge in [-0.05, 0) is 64.0 Å². The second kappa shape index (κ2) is 19.3. The standard InChI is InChI=1S/C39H59N5O9S/c1-25(27-9-11-28(12-10-27)33-26(2)40-24-54-33)41-35(47)31-21-29(45)22-44(31)36(48)34(38(3,4)5)42-32(46)23-51-18-17-50-19-20-52-30-13-15-43(16-14-30)37(49)53-39(6,7)8/h9-12,24-25,29-31,34,45H,13-23H2,1-8H3,(H,41,47)(H,42,46)/t25-,29+,31-,34?/m0/s1. The largest absolute Gasteiger partial charge is 0.444 e. The summed E-state index contributed by atoms with van der Waals surface area (Å²) in [6, 6.07) is 5.73. The Balaban J connectivity index is 1.17. The van der Waals surface area contributed by atoms with Crippen molar-refractivity contribution in [3.05, 3.63) is 41.0 Å². The van der Waals surface area contributed by atoms with Crippen molar-refractivity contribution in [1.29, 1.82) is 0 Å². The van der Waals surface area contributed by atoms with Crippen LogP contribution in [0.15, 0.2) is 29.8 Å². The molecule has 1 aromatic carbocycles. The number of thiazole rings is 1. The van der Waals surface area contributed by atoms with E-state index >= 15 is 0 Å². The number of β-amino-alcohol motifs (C(OH)–C–C–N with tert-alkyl or cyclic N) is 1. The third-order valence-electron chi connectivity index (χ3n) is 9.34. The van der Waals surface area contributed by atoms with Gasteiger partial charge in [0.05, 0.1) is 60.8 Å². The molecule has 4 amide bonds. The van der Waals surface area contributed by atoms with Crippen LogP contribution in [0.25, 0.3) is 10.4 Å². The van der Waals surface area contributed by atoms with Crippen LogP contribution in [0.3, 0.4) is 0 Å². The fourth-order valence-electron chi connectivity index (χ4n) is 6.41. The van der Waals surface area contributed by atoms with Crippen molar-refractivity contribution in [3.63, 3.8) is 0 Å². The number of benzene rings is 1. The van der Waals surface area contributed by atoms with E-state index < -0.39 is 41.0 Å². The molecule has 0 spiro atoms. The molecule has 0 radical (unpaired) electrons. The highest BCUT2D eigenvalue weighted by Gasteiger charge is 2.44. The minimum absolute atomic E-state index is 0.0144. The maximum atomic E-state index is 13.9. The molecular formula is C39H59N5O9S. The first-order valence-corrected chi connectivity index (χ1v) is 19.6. The van der Waals surface area contributed by atoms with Crippen molar-refractivity contribution < 1.29 is 43.2 Å². The highest BCUT2D eigenvalue weighted by atomic mass is 32.1. The predicted octanol–water partition coefficient (Wildman–Crippen LogP) is 4.24. The molecule has 15 heteroatoms. The molecule has 0 aliphatic carbocycles. The number of hydrogen-bond acceptors (Lipinski definition) is 11. The normalized spacial score (nSPS) is 19.4. The van der Waals surface area contributed by atoms with Crippen molar-refractivity contribution in [2.24, 2.45) is 5.41 Å². The summed E-state index contributed by atoms with van der Waals surface area (Å²) >= 11 is 1.57. The molecule has 14 nitrogen and oxygen atoms in total. The van der Waals surface area contributed by atoms with Crippen LogP contribution in [-0.2, 0) is 33.3 Å². The number of carbonyl (C=O) groups is 4. The van der Waals surface area contributed by atoms with Crippen molar-refractivity contribution >= 4 is 35.2 Å². The Morgan fingerprint density at radius 3 is 2.22 bits per heavy atom. The number of nitrogens with one attached hydrogen (secondary N) is 2. The molecule has 2 aliphatic heterocycles. The van der Waals surface area contributed by atoms with E-state index in [0.29, 0.717) is 26.3 Å². The molecule has 54 heavy (non-hydrogen) atoms. The number of amides is 4. The summed E-state index contributed by atoms with van der Waals surface area (Å²) in [5, 5.41) is 16.4. The molecule has 2 fully saturated rings. The van der Waals surface area contributed by atoms with Gasteiger partial charge in [-0.15, -0.1) is 11.3 Å². The van der Waals surface area contributed by atoms with E-state index in [-0.39, 0.29) is 56.9 Å². The van der Waals surface area contributed by atoms with E-state index in [0.717, 1.165) is 34.5 Å². The topological polar surface area (TPSA) is 169 Å². The Bertz CT molecular complexity index is 1550. The third kappa shape index (κ3) is 12.7. The summed E-state index contributed by atoms with van der Waals surface area (Å²) in [6.45, 7) is 16.9. The van der Waals surface area contributed by atoms with Crippen molar-refractivity contribution in [1.82, 2.24) is 25.4 Å². The van der Waals surface area contributed by atoms with Crippen molar-refractivity contribution in [2.75, 3.05) is 52.7 Å². The number of hydrogen-bond donors (Lipinski definition) is 3. The Labute approximate surface area is 323 Å². The number of piperidine rings is 1. The first kappa shape index (κ1) is 43.1. The van der Waals surface area contributed by atoms with Gasteiger partial charge in [-0.2, -0.15) is 0 Å². The maximum Gasteiger partial charge on any atom is 0.410 e. The number of aliphatic hydroxyl groups is 1. The zero-order chi connectivity index (χ0) is 39.6. The molecule has 1 unspecified atom stereocenters. The Morgan fingerprint density at radius 2 is 1.61 bits per heavy atom. The summed E-state index contributed by atoms with van der Waals surface area (Å²) < 4.78 is 22.4. The predicted molar refractivity (Wildman–Crippen MR) is 205 cm³/mol. The van der Waals surface area contributed by atoms with Crippen LogP contribution in [0.4, 0.5) is 4.79 Å². The molecule has 2 saturated heterocycles. The van der Waals surface area contributed by atoms with Crippen LogP contribution in [0.5, 0.6) is 0 Å². The highest BCUT2D eigenvalue weighted by molar-refractivity contribution is 7.13. The van der Waals surface area contributed by atoms with E-state index in [1.807, 2.05) is 85.2 Å². The van der Waals surface area contributed by atoms with Gasteiger partial charge >= 0.3 is 6.09 Å². The lowest BCUT2D eigenvalue weighted by Gasteiger charge is -2.35. The minimum atomic E-state index is -0.959. The highest BCUT2D eigenvalue weighted by Crippen LogP contribution is 2.29. The third-order valence-corrected chi connectivity index (χ3v) is 10.3. The molecule has 2 aromatic rings. The molecule has 0 bridgehead atoms. The summed E-state index contributed by atoms with van der Waals surface area (Å²) in [5.74, 6) is -1.29. The van der Waals surface area contributed by atoms with Gasteiger partial charge < -0.3 is 44.5 Å². The van der Waals surface area contributed by atoms with Crippen molar-refractivity contribution in [2.45, 2.75) is 111 Å². The number of rotatable bonds is 15. The lowest BCUT2D eigenvalue weighted by Crippen LogP contribution is -2.58. The SMILES string of the molecule is Cc1ncsc1-c1ccc([C@H](C)NC(=O)[C@@H]2C[C@@H](O)CN2C(=O)C(NC(=O)COCCOCCOC2CCN(C(=O)OC(C)(C)C)CC2)C(C)(C)C)cc1. The molecule has 2 aliphatic rings. The van der Waals surface area contributed by atoms with Gasteiger partial charge in [-0.25, -0.2) is 9.78 Å². The Morgan fingerprint density at radius 1 is 0.963 bits per heavy atom. The Kier molecular flexibility index (Phi) is 15.4. The number of aromatic nitrogens is 1. The second-order valence-electron chi connectivity index (χ2n) is 16.1. The van der Waals surface area contributed by atoms with Gasteiger partial charge in [0.1, 0.15) is 24.3 Å². The number of likely N-dealkylation sites (tertiary alicyclic amines) is 2. The van der Waals surface area contributed by atoms with Crippen molar-refractivity contribution in [3.8, 4) is 10.4 Å². The molecule has 4 rings (SSSR count). The average molecular weight is 774 g/mol.